The molecule has 1 aliphatic heterocycles. The molecule has 0 saturated carbocycles. The molecule has 0 bridgehead atoms. The van der Waals surface area contributed by atoms with Crippen molar-refractivity contribution >= 4 is 17.3 Å². The molecule has 2 heterocycles. The molecule has 0 radical (unpaired) electrons. The Morgan fingerprint density at radius 1 is 1.77 bits per heavy atom. The zero-order valence-corrected chi connectivity index (χ0v) is 8.19. The SMILES string of the molecule is COC(=O)[C@@H]1Cc2ccsc2CN1. The van der Waals surface area contributed by atoms with Gasteiger partial charge in [0.1, 0.15) is 6.04 Å². The van der Waals surface area contributed by atoms with Crippen molar-refractivity contribution in [2.75, 3.05) is 7.11 Å². The lowest BCUT2D eigenvalue weighted by molar-refractivity contribution is -0.143. The van der Waals surface area contributed by atoms with Gasteiger partial charge in [0.15, 0.2) is 0 Å². The molecule has 1 atom stereocenters. The molecule has 1 aliphatic rings. The summed E-state index contributed by atoms with van der Waals surface area (Å²) in [6.07, 6.45) is 0.755. The Morgan fingerprint density at radius 2 is 2.62 bits per heavy atom. The molecule has 70 valence electrons. The van der Waals surface area contributed by atoms with E-state index in [0.717, 1.165) is 13.0 Å². The molecule has 13 heavy (non-hydrogen) atoms. The summed E-state index contributed by atoms with van der Waals surface area (Å²) >= 11 is 1.73. The minimum Gasteiger partial charge on any atom is -0.468 e. The van der Waals surface area contributed by atoms with Gasteiger partial charge in [-0.2, -0.15) is 0 Å². The molecule has 0 unspecified atom stereocenters. The number of hydrogen-bond acceptors (Lipinski definition) is 4. The van der Waals surface area contributed by atoms with E-state index in [1.807, 2.05) is 0 Å². The summed E-state index contributed by atoms with van der Waals surface area (Å²) in [4.78, 5) is 12.6. The summed E-state index contributed by atoms with van der Waals surface area (Å²) in [6, 6.07) is 1.92. The van der Waals surface area contributed by atoms with Crippen molar-refractivity contribution < 1.29 is 9.53 Å². The lowest BCUT2D eigenvalue weighted by atomic mass is 10.0. The molecule has 0 aromatic carbocycles. The molecular formula is C9H11NO2S. The van der Waals surface area contributed by atoms with E-state index in [1.165, 1.54) is 17.6 Å². The van der Waals surface area contributed by atoms with E-state index in [2.05, 4.69) is 21.5 Å². The molecule has 0 saturated heterocycles. The van der Waals surface area contributed by atoms with Crippen molar-refractivity contribution in [3.05, 3.63) is 21.9 Å². The number of methoxy groups -OCH3 is 1. The molecule has 1 N–H and O–H groups in total. The molecule has 2 rings (SSSR count). The van der Waals surface area contributed by atoms with Crippen LogP contribution in [0.5, 0.6) is 0 Å². The molecule has 1 aromatic heterocycles. The van der Waals surface area contributed by atoms with Crippen LogP contribution < -0.4 is 5.32 Å². The highest BCUT2D eigenvalue weighted by Crippen LogP contribution is 2.22. The highest BCUT2D eigenvalue weighted by Gasteiger charge is 2.24. The highest BCUT2D eigenvalue weighted by molar-refractivity contribution is 7.10. The van der Waals surface area contributed by atoms with Gasteiger partial charge in [-0.25, -0.2) is 0 Å². The van der Waals surface area contributed by atoms with E-state index in [0.29, 0.717) is 0 Å². The summed E-state index contributed by atoms with van der Waals surface area (Å²) in [6.45, 7) is 0.784. The fraction of sp³-hybridized carbons (Fsp3) is 0.444. The number of hydrogen-bond donors (Lipinski definition) is 1. The van der Waals surface area contributed by atoms with E-state index in [4.69, 9.17) is 0 Å². The zero-order chi connectivity index (χ0) is 9.26. The van der Waals surface area contributed by atoms with Crippen LogP contribution in [0.2, 0.25) is 0 Å². The summed E-state index contributed by atoms with van der Waals surface area (Å²) in [5.74, 6) is -0.170. The lowest BCUT2D eigenvalue weighted by Gasteiger charge is -2.21. The van der Waals surface area contributed by atoms with Crippen LogP contribution in [0.15, 0.2) is 11.4 Å². The van der Waals surface area contributed by atoms with Gasteiger partial charge in [0, 0.05) is 11.4 Å². The summed E-state index contributed by atoms with van der Waals surface area (Å²) in [7, 11) is 1.42. The first-order valence-electron chi connectivity index (χ1n) is 4.17. The number of rotatable bonds is 1. The minimum atomic E-state index is -0.170. The normalized spacial score (nSPS) is 20.8. The van der Waals surface area contributed by atoms with Crippen LogP contribution in [0.25, 0.3) is 0 Å². The number of fused-ring (bicyclic) bond motifs is 1. The van der Waals surface area contributed by atoms with Gasteiger partial charge in [0.25, 0.3) is 0 Å². The van der Waals surface area contributed by atoms with E-state index in [9.17, 15) is 4.79 Å². The molecule has 4 heteroatoms. The Labute approximate surface area is 80.7 Å². The van der Waals surface area contributed by atoms with Gasteiger partial charge < -0.3 is 4.74 Å². The van der Waals surface area contributed by atoms with Gasteiger partial charge in [-0.3, -0.25) is 10.1 Å². The van der Waals surface area contributed by atoms with Crippen LogP contribution >= 0.6 is 11.3 Å². The maximum Gasteiger partial charge on any atom is 0.323 e. The molecular weight excluding hydrogens is 186 g/mol. The first-order valence-corrected chi connectivity index (χ1v) is 5.05. The highest BCUT2D eigenvalue weighted by atomic mass is 32.1. The maximum atomic E-state index is 11.2. The summed E-state index contributed by atoms with van der Waals surface area (Å²) in [5.41, 5.74) is 1.28. The largest absolute Gasteiger partial charge is 0.468 e. The Morgan fingerprint density at radius 3 is 3.38 bits per heavy atom. The van der Waals surface area contributed by atoms with E-state index >= 15 is 0 Å². The first-order chi connectivity index (χ1) is 6.31. The topological polar surface area (TPSA) is 38.3 Å². The molecule has 0 fully saturated rings. The quantitative estimate of drug-likeness (QED) is 0.681. The smallest absolute Gasteiger partial charge is 0.323 e. The third-order valence-corrected chi connectivity index (χ3v) is 3.22. The number of ether oxygens (including phenoxy) is 1. The van der Waals surface area contributed by atoms with Gasteiger partial charge in [0.2, 0.25) is 0 Å². The van der Waals surface area contributed by atoms with Gasteiger partial charge in [0.05, 0.1) is 7.11 Å². The van der Waals surface area contributed by atoms with Crippen LogP contribution in [-0.4, -0.2) is 19.1 Å². The lowest BCUT2D eigenvalue weighted by Crippen LogP contribution is -2.41. The van der Waals surface area contributed by atoms with Crippen LogP contribution in [0.4, 0.5) is 0 Å². The Balaban J connectivity index is 2.13. The van der Waals surface area contributed by atoms with Crippen LogP contribution in [-0.2, 0) is 22.5 Å². The zero-order valence-electron chi connectivity index (χ0n) is 7.37. The van der Waals surface area contributed by atoms with Gasteiger partial charge in [-0.05, 0) is 23.4 Å². The van der Waals surface area contributed by atoms with Crippen molar-refractivity contribution in [1.29, 1.82) is 0 Å². The number of carbonyl (C=O) groups is 1. The second-order valence-electron chi connectivity index (χ2n) is 3.03. The Kier molecular flexibility index (Phi) is 2.33. The summed E-state index contributed by atoms with van der Waals surface area (Å²) in [5, 5.41) is 5.21. The second kappa shape index (κ2) is 3.47. The van der Waals surface area contributed by atoms with E-state index in [1.54, 1.807) is 11.3 Å². The Bertz CT molecular complexity index is 321. The first kappa shape index (κ1) is 8.72. The predicted molar refractivity (Wildman–Crippen MR) is 50.7 cm³/mol. The standard InChI is InChI=1S/C9H11NO2S/c1-12-9(11)7-4-6-2-3-13-8(6)5-10-7/h2-3,7,10H,4-5H2,1H3/t7-/m0/s1. The number of carbonyl (C=O) groups excluding carboxylic acids is 1. The molecule has 1 aromatic rings. The van der Waals surface area contributed by atoms with Crippen molar-refractivity contribution in [3.8, 4) is 0 Å². The average molecular weight is 197 g/mol. The van der Waals surface area contributed by atoms with E-state index in [-0.39, 0.29) is 12.0 Å². The fourth-order valence-electron chi connectivity index (χ4n) is 1.52. The number of esters is 1. The van der Waals surface area contributed by atoms with Crippen LogP contribution in [0.1, 0.15) is 10.4 Å². The number of thiophene rings is 1. The summed E-state index contributed by atoms with van der Waals surface area (Å²) < 4.78 is 4.68. The van der Waals surface area contributed by atoms with Gasteiger partial charge in [-0.1, -0.05) is 0 Å². The van der Waals surface area contributed by atoms with Gasteiger partial charge in [-0.15, -0.1) is 11.3 Å². The maximum absolute atomic E-state index is 11.2. The Hall–Kier alpha value is -0.870. The second-order valence-corrected chi connectivity index (χ2v) is 4.03. The monoisotopic (exact) mass is 197 g/mol. The third kappa shape index (κ3) is 1.59. The molecule has 0 aliphatic carbocycles. The molecule has 3 nitrogen and oxygen atoms in total. The van der Waals surface area contributed by atoms with Crippen molar-refractivity contribution in [3.63, 3.8) is 0 Å². The van der Waals surface area contributed by atoms with Crippen molar-refractivity contribution in [2.24, 2.45) is 0 Å². The predicted octanol–water partition coefficient (Wildman–Crippen LogP) is 0.935. The van der Waals surface area contributed by atoms with Gasteiger partial charge >= 0.3 is 5.97 Å². The van der Waals surface area contributed by atoms with E-state index < -0.39 is 0 Å². The minimum absolute atomic E-state index is 0.160. The third-order valence-electron chi connectivity index (χ3n) is 2.26. The fourth-order valence-corrected chi connectivity index (χ4v) is 2.39. The van der Waals surface area contributed by atoms with Crippen LogP contribution in [0, 0.1) is 0 Å². The molecule has 0 amide bonds. The average Bonchev–Trinajstić information content (AvgIpc) is 2.63. The molecule has 0 spiro atoms. The van der Waals surface area contributed by atoms with Crippen LogP contribution in [0.3, 0.4) is 0 Å². The van der Waals surface area contributed by atoms with Crippen molar-refractivity contribution in [2.45, 2.75) is 19.0 Å². The number of nitrogens with one attached hydrogen (secondary N) is 1. The van der Waals surface area contributed by atoms with Crippen molar-refractivity contribution in [1.82, 2.24) is 5.32 Å².